The van der Waals surface area contributed by atoms with Crippen molar-refractivity contribution in [2.75, 3.05) is 5.75 Å². The van der Waals surface area contributed by atoms with Crippen molar-refractivity contribution in [2.45, 2.75) is 12.1 Å². The van der Waals surface area contributed by atoms with Crippen LogP contribution in [0.5, 0.6) is 0 Å². The largest absolute Gasteiger partial charge is 0.481 e. The quantitative estimate of drug-likeness (QED) is 0.856. The molecule has 100 valence electrons. The molecule has 0 fully saturated rings. The molecule has 0 saturated carbocycles. The summed E-state index contributed by atoms with van der Waals surface area (Å²) in [7, 11) is 0. The van der Waals surface area contributed by atoms with Gasteiger partial charge in [-0.05, 0) is 29.0 Å². The molecule has 0 amide bonds. The number of tetrazole rings is 1. The molecule has 6 nitrogen and oxygen atoms in total. The van der Waals surface area contributed by atoms with Gasteiger partial charge in [-0.15, -0.1) is 5.10 Å². The summed E-state index contributed by atoms with van der Waals surface area (Å²) in [4.78, 5) is 10.5. The molecule has 0 aliphatic rings. The minimum absolute atomic E-state index is 0.00537. The molecule has 0 saturated heterocycles. The van der Waals surface area contributed by atoms with E-state index in [1.807, 2.05) is 0 Å². The fraction of sp³-hybridized carbons (Fsp3) is 0.200. The fourth-order valence-corrected chi connectivity index (χ4v) is 1.97. The molecule has 1 aromatic heterocycles. The third-order valence-corrected chi connectivity index (χ3v) is 3.14. The average molecular weight is 286 g/mol. The first-order valence-electron chi connectivity index (χ1n) is 5.08. The third kappa shape index (κ3) is 2.70. The zero-order valence-electron chi connectivity index (χ0n) is 9.67. The molecule has 0 atom stereocenters. The van der Waals surface area contributed by atoms with E-state index in [1.165, 1.54) is 13.0 Å². The summed E-state index contributed by atoms with van der Waals surface area (Å²) in [5, 5.41) is 18.9. The molecule has 19 heavy (non-hydrogen) atoms. The highest BCUT2D eigenvalue weighted by Crippen LogP contribution is 2.24. The Morgan fingerprint density at radius 1 is 1.47 bits per heavy atom. The van der Waals surface area contributed by atoms with E-state index < -0.39 is 23.3 Å². The Morgan fingerprint density at radius 2 is 2.21 bits per heavy atom. The SMILES string of the molecule is Cc1ccc(F)c(-n2nnnc2SCC(=O)O)c1F. The number of halogens is 2. The van der Waals surface area contributed by atoms with E-state index in [9.17, 15) is 13.6 Å². The van der Waals surface area contributed by atoms with Crippen LogP contribution in [-0.4, -0.2) is 37.0 Å². The Kier molecular flexibility index (Phi) is 3.74. The van der Waals surface area contributed by atoms with Gasteiger partial charge < -0.3 is 5.11 Å². The van der Waals surface area contributed by atoms with Crippen LogP contribution in [0.1, 0.15) is 5.56 Å². The van der Waals surface area contributed by atoms with Crippen molar-refractivity contribution in [2.24, 2.45) is 0 Å². The molecule has 0 unspecified atom stereocenters. The summed E-state index contributed by atoms with van der Waals surface area (Å²) in [6.45, 7) is 1.48. The predicted molar refractivity (Wildman–Crippen MR) is 62.2 cm³/mol. The van der Waals surface area contributed by atoms with Gasteiger partial charge in [0, 0.05) is 0 Å². The first-order chi connectivity index (χ1) is 9.00. The lowest BCUT2D eigenvalue weighted by Crippen LogP contribution is -2.08. The number of nitrogens with zero attached hydrogens (tertiary/aromatic N) is 4. The Bertz CT molecular complexity index is 632. The monoisotopic (exact) mass is 286 g/mol. The number of hydrogen-bond donors (Lipinski definition) is 1. The standard InChI is InChI=1S/C10H8F2N4O2S/c1-5-2-3-6(11)9(8(5)12)16-10(13-14-15-16)19-4-7(17)18/h2-3H,4H2,1H3,(H,17,18). The third-order valence-electron chi connectivity index (χ3n) is 2.24. The summed E-state index contributed by atoms with van der Waals surface area (Å²) < 4.78 is 28.5. The molecule has 0 bridgehead atoms. The molecular formula is C10H8F2N4O2S. The second-order valence-electron chi connectivity index (χ2n) is 3.58. The van der Waals surface area contributed by atoms with Crippen LogP contribution in [0.2, 0.25) is 0 Å². The number of hydrogen-bond acceptors (Lipinski definition) is 5. The number of carboxylic acid groups (broad SMARTS) is 1. The minimum atomic E-state index is -1.08. The van der Waals surface area contributed by atoms with Crippen LogP contribution in [0.25, 0.3) is 5.69 Å². The maximum absolute atomic E-state index is 13.9. The lowest BCUT2D eigenvalue weighted by Gasteiger charge is -2.07. The summed E-state index contributed by atoms with van der Waals surface area (Å²) in [6, 6.07) is 2.39. The number of carboxylic acids is 1. The van der Waals surface area contributed by atoms with E-state index in [1.54, 1.807) is 0 Å². The van der Waals surface area contributed by atoms with Gasteiger partial charge in [-0.25, -0.2) is 8.78 Å². The summed E-state index contributed by atoms with van der Waals surface area (Å²) in [5.41, 5.74) is -0.182. The van der Waals surface area contributed by atoms with Gasteiger partial charge in [-0.2, -0.15) is 4.68 Å². The fourth-order valence-electron chi connectivity index (χ4n) is 1.37. The van der Waals surface area contributed by atoms with Crippen molar-refractivity contribution < 1.29 is 18.7 Å². The van der Waals surface area contributed by atoms with Crippen LogP contribution >= 0.6 is 11.8 Å². The normalized spacial score (nSPS) is 10.7. The van der Waals surface area contributed by atoms with Gasteiger partial charge in [0.15, 0.2) is 11.6 Å². The van der Waals surface area contributed by atoms with E-state index in [4.69, 9.17) is 5.11 Å². The van der Waals surface area contributed by atoms with Crippen LogP contribution in [0, 0.1) is 18.6 Å². The number of aryl methyl sites for hydroxylation is 1. The van der Waals surface area contributed by atoms with Crippen LogP contribution < -0.4 is 0 Å². The number of aliphatic carboxylic acids is 1. The van der Waals surface area contributed by atoms with Crippen LogP contribution in [-0.2, 0) is 4.79 Å². The summed E-state index contributed by atoms with van der Waals surface area (Å²) in [6.07, 6.45) is 0. The Hall–Kier alpha value is -2.03. The lowest BCUT2D eigenvalue weighted by molar-refractivity contribution is -0.133. The van der Waals surface area contributed by atoms with E-state index in [-0.39, 0.29) is 16.5 Å². The molecule has 2 aromatic rings. The second kappa shape index (κ2) is 5.31. The van der Waals surface area contributed by atoms with Gasteiger partial charge >= 0.3 is 5.97 Å². The van der Waals surface area contributed by atoms with Crippen LogP contribution in [0.15, 0.2) is 17.3 Å². The van der Waals surface area contributed by atoms with Crippen molar-refractivity contribution in [3.8, 4) is 5.69 Å². The predicted octanol–water partition coefficient (Wildman–Crippen LogP) is 1.43. The number of thioether (sulfide) groups is 1. The Morgan fingerprint density at radius 3 is 2.89 bits per heavy atom. The second-order valence-corrected chi connectivity index (χ2v) is 4.53. The highest BCUT2D eigenvalue weighted by Gasteiger charge is 2.19. The first-order valence-corrected chi connectivity index (χ1v) is 6.07. The van der Waals surface area contributed by atoms with E-state index in [2.05, 4.69) is 15.5 Å². The first kappa shape index (κ1) is 13.4. The molecule has 2 rings (SSSR count). The van der Waals surface area contributed by atoms with Crippen molar-refractivity contribution in [1.29, 1.82) is 0 Å². The minimum Gasteiger partial charge on any atom is -0.481 e. The van der Waals surface area contributed by atoms with Crippen molar-refractivity contribution >= 4 is 17.7 Å². The van der Waals surface area contributed by atoms with Gasteiger partial charge in [0.25, 0.3) is 0 Å². The number of aromatic nitrogens is 4. The highest BCUT2D eigenvalue weighted by molar-refractivity contribution is 7.99. The zero-order valence-corrected chi connectivity index (χ0v) is 10.5. The molecule has 0 aliphatic carbocycles. The lowest BCUT2D eigenvalue weighted by atomic mass is 10.2. The van der Waals surface area contributed by atoms with Crippen LogP contribution in [0.4, 0.5) is 8.78 Å². The molecule has 1 heterocycles. The van der Waals surface area contributed by atoms with Gasteiger partial charge in [0.1, 0.15) is 5.69 Å². The number of benzene rings is 1. The molecule has 0 radical (unpaired) electrons. The van der Waals surface area contributed by atoms with E-state index >= 15 is 0 Å². The van der Waals surface area contributed by atoms with Crippen molar-refractivity contribution in [3.63, 3.8) is 0 Å². The van der Waals surface area contributed by atoms with Gasteiger partial charge in [-0.3, -0.25) is 4.79 Å². The number of rotatable bonds is 4. The molecule has 1 aromatic carbocycles. The van der Waals surface area contributed by atoms with Gasteiger partial charge in [0.2, 0.25) is 5.16 Å². The van der Waals surface area contributed by atoms with E-state index in [0.29, 0.717) is 0 Å². The summed E-state index contributed by atoms with van der Waals surface area (Å²) >= 11 is 0.774. The highest BCUT2D eigenvalue weighted by atomic mass is 32.2. The number of carbonyl (C=O) groups is 1. The molecular weight excluding hydrogens is 278 g/mol. The average Bonchev–Trinajstić information content (AvgIpc) is 2.80. The molecule has 0 aliphatic heterocycles. The zero-order chi connectivity index (χ0) is 14.0. The van der Waals surface area contributed by atoms with Gasteiger partial charge in [-0.1, -0.05) is 17.8 Å². The maximum atomic E-state index is 13.9. The topological polar surface area (TPSA) is 80.9 Å². The van der Waals surface area contributed by atoms with Gasteiger partial charge in [0.05, 0.1) is 5.75 Å². The smallest absolute Gasteiger partial charge is 0.313 e. The molecule has 1 N–H and O–H groups in total. The van der Waals surface area contributed by atoms with E-state index in [0.717, 1.165) is 22.5 Å². The summed E-state index contributed by atoms with van der Waals surface area (Å²) in [5.74, 6) is -3.00. The Labute approximate surface area is 110 Å². The Balaban J connectivity index is 2.45. The van der Waals surface area contributed by atoms with Crippen molar-refractivity contribution in [3.05, 3.63) is 29.3 Å². The molecule has 9 heteroatoms. The maximum Gasteiger partial charge on any atom is 0.313 e. The van der Waals surface area contributed by atoms with Crippen LogP contribution in [0.3, 0.4) is 0 Å². The molecule has 0 spiro atoms. The van der Waals surface area contributed by atoms with Crippen molar-refractivity contribution in [1.82, 2.24) is 20.2 Å².